The normalized spacial score (nSPS) is 12.6. The SMILES string of the molecule is CCCC(C)Nc1ccccc1CN(C)C(=O)OC(C)(C)C. The van der Waals surface area contributed by atoms with Gasteiger partial charge in [-0.3, -0.25) is 0 Å². The molecule has 1 rings (SSSR count). The van der Waals surface area contributed by atoms with Crippen molar-refractivity contribution in [3.63, 3.8) is 0 Å². The van der Waals surface area contributed by atoms with Crippen molar-refractivity contribution >= 4 is 11.8 Å². The number of carbonyl (C=O) groups excluding carboxylic acids is 1. The van der Waals surface area contributed by atoms with Crippen LogP contribution in [0.2, 0.25) is 0 Å². The van der Waals surface area contributed by atoms with Gasteiger partial charge in [0.1, 0.15) is 5.60 Å². The molecule has 0 aromatic heterocycles. The minimum absolute atomic E-state index is 0.302. The van der Waals surface area contributed by atoms with Crippen molar-refractivity contribution in [1.29, 1.82) is 0 Å². The third-order valence-corrected chi connectivity index (χ3v) is 3.25. The van der Waals surface area contributed by atoms with Crippen LogP contribution in [-0.2, 0) is 11.3 Å². The number of benzene rings is 1. The molecule has 1 aromatic rings. The Labute approximate surface area is 134 Å². The van der Waals surface area contributed by atoms with E-state index < -0.39 is 5.60 Å². The Balaban J connectivity index is 2.74. The molecule has 4 nitrogen and oxygen atoms in total. The summed E-state index contributed by atoms with van der Waals surface area (Å²) in [5.74, 6) is 0. The Morgan fingerprint density at radius 1 is 1.32 bits per heavy atom. The van der Waals surface area contributed by atoms with Crippen LogP contribution in [0.15, 0.2) is 24.3 Å². The van der Waals surface area contributed by atoms with Gasteiger partial charge in [-0.15, -0.1) is 0 Å². The van der Waals surface area contributed by atoms with E-state index in [0.29, 0.717) is 12.6 Å². The molecular weight excluding hydrogens is 276 g/mol. The maximum atomic E-state index is 12.1. The van der Waals surface area contributed by atoms with Crippen LogP contribution in [-0.4, -0.2) is 29.7 Å². The van der Waals surface area contributed by atoms with Crippen molar-refractivity contribution in [1.82, 2.24) is 4.90 Å². The lowest BCUT2D eigenvalue weighted by molar-refractivity contribution is 0.0285. The number of hydrogen-bond acceptors (Lipinski definition) is 3. The molecule has 0 saturated heterocycles. The number of rotatable bonds is 6. The lowest BCUT2D eigenvalue weighted by Gasteiger charge is -2.26. The maximum absolute atomic E-state index is 12.1. The highest BCUT2D eigenvalue weighted by Gasteiger charge is 2.20. The zero-order valence-electron chi connectivity index (χ0n) is 14.8. The van der Waals surface area contributed by atoms with Crippen molar-refractivity contribution in [2.24, 2.45) is 0 Å². The van der Waals surface area contributed by atoms with Crippen molar-refractivity contribution in [3.8, 4) is 0 Å². The van der Waals surface area contributed by atoms with Gasteiger partial charge in [-0.2, -0.15) is 0 Å². The fourth-order valence-corrected chi connectivity index (χ4v) is 2.23. The first kappa shape index (κ1) is 18.3. The molecule has 0 aliphatic rings. The van der Waals surface area contributed by atoms with Crippen LogP contribution in [0.4, 0.5) is 10.5 Å². The van der Waals surface area contributed by atoms with E-state index in [1.54, 1.807) is 11.9 Å². The lowest BCUT2D eigenvalue weighted by atomic mass is 10.1. The highest BCUT2D eigenvalue weighted by atomic mass is 16.6. The second-order valence-corrected chi connectivity index (χ2v) is 6.83. The van der Waals surface area contributed by atoms with E-state index in [1.165, 1.54) is 0 Å². The van der Waals surface area contributed by atoms with Gasteiger partial charge in [0.05, 0.1) is 6.54 Å². The van der Waals surface area contributed by atoms with E-state index in [2.05, 4.69) is 25.2 Å². The van der Waals surface area contributed by atoms with Gasteiger partial charge in [-0.05, 0) is 45.7 Å². The van der Waals surface area contributed by atoms with Crippen LogP contribution in [0.5, 0.6) is 0 Å². The Bertz CT molecular complexity index is 480. The predicted octanol–water partition coefficient (Wildman–Crippen LogP) is 4.65. The Hall–Kier alpha value is -1.71. The van der Waals surface area contributed by atoms with E-state index in [9.17, 15) is 4.79 Å². The fourth-order valence-electron chi connectivity index (χ4n) is 2.23. The van der Waals surface area contributed by atoms with E-state index in [-0.39, 0.29) is 6.09 Å². The summed E-state index contributed by atoms with van der Waals surface area (Å²) in [6.45, 7) is 10.5. The van der Waals surface area contributed by atoms with E-state index >= 15 is 0 Å². The third-order valence-electron chi connectivity index (χ3n) is 3.25. The standard InChI is InChI=1S/C18H30N2O2/c1-7-10-14(2)19-16-12-9-8-11-15(16)13-20(6)17(21)22-18(3,4)5/h8-9,11-12,14,19H,7,10,13H2,1-6H3. The number of amides is 1. The smallest absolute Gasteiger partial charge is 0.410 e. The first-order chi connectivity index (χ1) is 10.2. The molecule has 22 heavy (non-hydrogen) atoms. The molecule has 4 heteroatoms. The number of carbonyl (C=O) groups is 1. The Morgan fingerprint density at radius 2 is 1.95 bits per heavy atom. The largest absolute Gasteiger partial charge is 0.444 e. The number of hydrogen-bond donors (Lipinski definition) is 1. The molecule has 0 spiro atoms. The second-order valence-electron chi connectivity index (χ2n) is 6.83. The first-order valence-electron chi connectivity index (χ1n) is 8.01. The van der Waals surface area contributed by atoms with Crippen molar-refractivity contribution < 1.29 is 9.53 Å². The average molecular weight is 306 g/mol. The van der Waals surface area contributed by atoms with Crippen LogP contribution in [0.25, 0.3) is 0 Å². The first-order valence-corrected chi connectivity index (χ1v) is 8.01. The van der Waals surface area contributed by atoms with Gasteiger partial charge in [0.2, 0.25) is 0 Å². The maximum Gasteiger partial charge on any atom is 0.410 e. The summed E-state index contributed by atoms with van der Waals surface area (Å²) in [6, 6.07) is 8.52. The fraction of sp³-hybridized carbons (Fsp3) is 0.611. The van der Waals surface area contributed by atoms with Gasteiger partial charge in [-0.1, -0.05) is 31.5 Å². The molecule has 0 aliphatic heterocycles. The van der Waals surface area contributed by atoms with Crippen LogP contribution < -0.4 is 5.32 Å². The number of ether oxygens (including phenoxy) is 1. The van der Waals surface area contributed by atoms with Gasteiger partial charge < -0.3 is 15.0 Å². The summed E-state index contributed by atoms with van der Waals surface area (Å²) in [6.07, 6.45) is 1.97. The summed E-state index contributed by atoms with van der Waals surface area (Å²) in [7, 11) is 1.76. The number of para-hydroxylation sites is 1. The number of anilines is 1. The molecule has 1 N–H and O–H groups in total. The topological polar surface area (TPSA) is 41.6 Å². The molecule has 124 valence electrons. The van der Waals surface area contributed by atoms with Gasteiger partial charge in [0.15, 0.2) is 0 Å². The molecule has 1 aromatic carbocycles. The van der Waals surface area contributed by atoms with Crippen molar-refractivity contribution in [3.05, 3.63) is 29.8 Å². The summed E-state index contributed by atoms with van der Waals surface area (Å²) in [4.78, 5) is 13.7. The van der Waals surface area contributed by atoms with Crippen molar-refractivity contribution in [2.45, 2.75) is 65.6 Å². The summed E-state index contributed by atoms with van der Waals surface area (Å²) in [5.41, 5.74) is 1.70. The molecular formula is C18H30N2O2. The van der Waals surface area contributed by atoms with Gasteiger partial charge in [-0.25, -0.2) is 4.79 Å². The average Bonchev–Trinajstić information content (AvgIpc) is 2.39. The van der Waals surface area contributed by atoms with E-state index in [0.717, 1.165) is 24.1 Å². The van der Waals surface area contributed by atoms with E-state index in [4.69, 9.17) is 4.74 Å². The zero-order chi connectivity index (χ0) is 16.8. The molecule has 1 amide bonds. The highest BCUT2D eigenvalue weighted by Crippen LogP contribution is 2.20. The quantitative estimate of drug-likeness (QED) is 0.831. The molecule has 0 aliphatic carbocycles. The molecule has 1 atom stereocenters. The lowest BCUT2D eigenvalue weighted by Crippen LogP contribution is -2.34. The van der Waals surface area contributed by atoms with Crippen molar-refractivity contribution in [2.75, 3.05) is 12.4 Å². The molecule has 0 saturated carbocycles. The monoisotopic (exact) mass is 306 g/mol. The highest BCUT2D eigenvalue weighted by molar-refractivity contribution is 5.68. The van der Waals surface area contributed by atoms with Crippen LogP contribution in [0.3, 0.4) is 0 Å². The Kier molecular flexibility index (Phi) is 6.72. The zero-order valence-corrected chi connectivity index (χ0v) is 14.8. The summed E-state index contributed by atoms with van der Waals surface area (Å²) < 4.78 is 5.40. The molecule has 0 fully saturated rings. The molecule has 0 heterocycles. The van der Waals surface area contributed by atoms with E-state index in [1.807, 2.05) is 39.0 Å². The Morgan fingerprint density at radius 3 is 2.55 bits per heavy atom. The number of nitrogens with zero attached hydrogens (tertiary/aromatic N) is 1. The summed E-state index contributed by atoms with van der Waals surface area (Å²) in [5, 5.41) is 3.53. The molecule has 0 radical (unpaired) electrons. The summed E-state index contributed by atoms with van der Waals surface area (Å²) >= 11 is 0. The predicted molar refractivity (Wildman–Crippen MR) is 92.1 cm³/mol. The second kappa shape index (κ2) is 8.06. The van der Waals surface area contributed by atoms with Crippen LogP contribution in [0, 0.1) is 0 Å². The van der Waals surface area contributed by atoms with Gasteiger partial charge in [0, 0.05) is 18.8 Å². The molecule has 1 unspecified atom stereocenters. The van der Waals surface area contributed by atoms with Gasteiger partial charge in [0.25, 0.3) is 0 Å². The van der Waals surface area contributed by atoms with Gasteiger partial charge >= 0.3 is 6.09 Å². The minimum Gasteiger partial charge on any atom is -0.444 e. The van der Waals surface area contributed by atoms with Crippen LogP contribution in [0.1, 0.15) is 53.0 Å². The third kappa shape index (κ3) is 6.37. The minimum atomic E-state index is -0.473. The molecule has 0 bridgehead atoms. The number of nitrogens with one attached hydrogen (secondary N) is 1. The van der Waals surface area contributed by atoms with Crippen LogP contribution >= 0.6 is 0 Å².